The molecule has 1 heterocycles. The number of halogens is 1. The molecule has 2 atom stereocenters. The van der Waals surface area contributed by atoms with Gasteiger partial charge >= 0.3 is 0 Å². The van der Waals surface area contributed by atoms with E-state index in [0.717, 1.165) is 18.8 Å². The second-order valence-electron chi connectivity index (χ2n) is 5.24. The molecule has 0 saturated heterocycles. The summed E-state index contributed by atoms with van der Waals surface area (Å²) in [6.07, 6.45) is 7.31. The van der Waals surface area contributed by atoms with Crippen molar-refractivity contribution < 1.29 is 0 Å². The Balaban J connectivity index is 1.61. The van der Waals surface area contributed by atoms with Crippen LogP contribution in [0.5, 0.6) is 0 Å². The zero-order chi connectivity index (χ0) is 11.7. The molecule has 1 aromatic heterocycles. The minimum atomic E-state index is 0.358. The van der Waals surface area contributed by atoms with Crippen LogP contribution in [0, 0.1) is 5.92 Å². The molecule has 92 valence electrons. The highest BCUT2D eigenvalue weighted by atomic mass is 35.5. The third-order valence-corrected chi connectivity index (χ3v) is 4.61. The molecule has 1 N–H and O–H groups in total. The van der Waals surface area contributed by atoms with Crippen molar-refractivity contribution in [3.63, 3.8) is 0 Å². The molecule has 3 rings (SSSR count). The summed E-state index contributed by atoms with van der Waals surface area (Å²) in [5, 5.41) is 3.81. The smallest absolute Gasteiger partial charge is 0.126 e. The third-order valence-electron chi connectivity index (χ3n) is 4.04. The fraction of sp³-hybridized carbons (Fsp3) is 0.643. The van der Waals surface area contributed by atoms with Gasteiger partial charge in [-0.05, 0) is 49.7 Å². The van der Waals surface area contributed by atoms with Crippen LogP contribution < -0.4 is 5.32 Å². The molecule has 1 saturated carbocycles. The number of nitrogens with one attached hydrogen (secondary N) is 1. The predicted octanol–water partition coefficient (Wildman–Crippen LogP) is 3.39. The summed E-state index contributed by atoms with van der Waals surface area (Å²) in [5.41, 5.74) is 2.73. The van der Waals surface area contributed by atoms with Crippen LogP contribution in [0.1, 0.15) is 36.9 Å². The average Bonchev–Trinajstić information content (AvgIpc) is 2.94. The predicted molar refractivity (Wildman–Crippen MR) is 71.7 cm³/mol. The van der Waals surface area contributed by atoms with Crippen molar-refractivity contribution in [1.82, 2.24) is 4.98 Å². The number of hydrogen-bond acceptors (Lipinski definition) is 2. The lowest BCUT2D eigenvalue weighted by molar-refractivity contribution is 0.585. The Morgan fingerprint density at radius 2 is 2.18 bits per heavy atom. The summed E-state index contributed by atoms with van der Waals surface area (Å²) in [7, 11) is 0. The Bertz CT molecular complexity index is 405. The van der Waals surface area contributed by atoms with Crippen LogP contribution >= 0.6 is 11.6 Å². The molecule has 1 aromatic rings. The topological polar surface area (TPSA) is 24.9 Å². The maximum atomic E-state index is 6.28. The molecule has 1 fully saturated rings. The molecule has 0 radical (unpaired) electrons. The number of hydrogen-bond donors (Lipinski definition) is 1. The Hall–Kier alpha value is -0.760. The SMILES string of the molecule is ClC1CCCC1CNc1ccc2c(n1)CCC2. The zero-order valence-corrected chi connectivity index (χ0v) is 10.8. The monoisotopic (exact) mass is 250 g/mol. The van der Waals surface area contributed by atoms with Gasteiger partial charge in [-0.3, -0.25) is 0 Å². The lowest BCUT2D eigenvalue weighted by Crippen LogP contribution is -2.19. The molecule has 2 nitrogen and oxygen atoms in total. The standard InChI is InChI=1S/C14H19ClN2/c15-12-5-1-4-11(12)9-16-14-8-7-10-3-2-6-13(10)17-14/h7-8,11-12H,1-6,9H2,(H,16,17). The van der Waals surface area contributed by atoms with Crippen LogP contribution in [0.25, 0.3) is 0 Å². The molecular formula is C14H19ClN2. The summed E-state index contributed by atoms with van der Waals surface area (Å²) in [6, 6.07) is 4.34. The Labute approximate surface area is 108 Å². The highest BCUT2D eigenvalue weighted by molar-refractivity contribution is 6.20. The summed E-state index contributed by atoms with van der Waals surface area (Å²) in [6.45, 7) is 0.972. The normalized spacial score (nSPS) is 27.1. The highest BCUT2D eigenvalue weighted by Crippen LogP contribution is 2.30. The van der Waals surface area contributed by atoms with Gasteiger partial charge in [0.25, 0.3) is 0 Å². The van der Waals surface area contributed by atoms with Crippen molar-refractivity contribution in [1.29, 1.82) is 0 Å². The lowest BCUT2D eigenvalue weighted by atomic mass is 10.1. The summed E-state index contributed by atoms with van der Waals surface area (Å²) in [4.78, 5) is 4.69. The summed E-state index contributed by atoms with van der Waals surface area (Å²) >= 11 is 6.28. The van der Waals surface area contributed by atoms with E-state index in [1.54, 1.807) is 0 Å². The molecule has 3 heteroatoms. The Morgan fingerprint density at radius 3 is 3.00 bits per heavy atom. The fourth-order valence-electron chi connectivity index (χ4n) is 2.98. The van der Waals surface area contributed by atoms with Gasteiger partial charge in [-0.25, -0.2) is 4.98 Å². The van der Waals surface area contributed by atoms with Crippen molar-refractivity contribution in [3.05, 3.63) is 23.4 Å². The first-order chi connectivity index (χ1) is 8.33. The Kier molecular flexibility index (Phi) is 3.24. The van der Waals surface area contributed by atoms with Crippen LogP contribution in [0.15, 0.2) is 12.1 Å². The molecule has 0 spiro atoms. The fourth-order valence-corrected chi connectivity index (χ4v) is 3.35. The van der Waals surface area contributed by atoms with E-state index in [0.29, 0.717) is 11.3 Å². The minimum Gasteiger partial charge on any atom is -0.370 e. The van der Waals surface area contributed by atoms with Crippen LogP contribution in [-0.2, 0) is 12.8 Å². The van der Waals surface area contributed by atoms with Crippen molar-refractivity contribution in [3.8, 4) is 0 Å². The number of anilines is 1. The Morgan fingerprint density at radius 1 is 1.24 bits per heavy atom. The van der Waals surface area contributed by atoms with Gasteiger partial charge in [0, 0.05) is 17.6 Å². The molecule has 0 aromatic carbocycles. The van der Waals surface area contributed by atoms with Gasteiger partial charge < -0.3 is 5.32 Å². The number of rotatable bonds is 3. The van der Waals surface area contributed by atoms with Gasteiger partial charge in [-0.2, -0.15) is 0 Å². The van der Waals surface area contributed by atoms with E-state index in [2.05, 4.69) is 22.4 Å². The first-order valence-corrected chi connectivity index (χ1v) is 7.13. The summed E-state index contributed by atoms with van der Waals surface area (Å²) < 4.78 is 0. The molecule has 17 heavy (non-hydrogen) atoms. The zero-order valence-electron chi connectivity index (χ0n) is 10.1. The molecule has 0 aliphatic heterocycles. The third kappa shape index (κ3) is 2.42. The van der Waals surface area contributed by atoms with Crippen molar-refractivity contribution in [2.45, 2.75) is 43.9 Å². The van der Waals surface area contributed by atoms with E-state index in [4.69, 9.17) is 11.6 Å². The van der Waals surface area contributed by atoms with E-state index in [-0.39, 0.29) is 0 Å². The second kappa shape index (κ2) is 4.85. The largest absolute Gasteiger partial charge is 0.370 e. The van der Waals surface area contributed by atoms with Crippen molar-refractivity contribution >= 4 is 17.4 Å². The van der Waals surface area contributed by atoms with E-state index in [1.807, 2.05) is 0 Å². The van der Waals surface area contributed by atoms with E-state index in [9.17, 15) is 0 Å². The van der Waals surface area contributed by atoms with Crippen LogP contribution in [0.4, 0.5) is 5.82 Å². The van der Waals surface area contributed by atoms with Crippen LogP contribution in [0.2, 0.25) is 0 Å². The number of pyridine rings is 1. The van der Waals surface area contributed by atoms with E-state index < -0.39 is 0 Å². The highest BCUT2D eigenvalue weighted by Gasteiger charge is 2.25. The van der Waals surface area contributed by atoms with Crippen molar-refractivity contribution in [2.24, 2.45) is 5.92 Å². The van der Waals surface area contributed by atoms with Gasteiger partial charge in [0.15, 0.2) is 0 Å². The van der Waals surface area contributed by atoms with E-state index in [1.165, 1.54) is 43.4 Å². The molecule has 0 bridgehead atoms. The van der Waals surface area contributed by atoms with Gasteiger partial charge in [-0.1, -0.05) is 12.5 Å². The van der Waals surface area contributed by atoms with Crippen LogP contribution in [0.3, 0.4) is 0 Å². The molecule has 2 aliphatic rings. The number of nitrogens with zero attached hydrogens (tertiary/aromatic N) is 1. The van der Waals surface area contributed by atoms with Crippen LogP contribution in [-0.4, -0.2) is 16.9 Å². The molecule has 2 unspecified atom stereocenters. The number of aromatic nitrogens is 1. The first-order valence-electron chi connectivity index (χ1n) is 6.69. The second-order valence-corrected chi connectivity index (χ2v) is 5.80. The molecule has 2 aliphatic carbocycles. The van der Waals surface area contributed by atoms with Crippen molar-refractivity contribution in [2.75, 3.05) is 11.9 Å². The summed E-state index contributed by atoms with van der Waals surface area (Å²) in [5.74, 6) is 1.65. The quantitative estimate of drug-likeness (QED) is 0.832. The maximum absolute atomic E-state index is 6.28. The minimum absolute atomic E-state index is 0.358. The number of fused-ring (bicyclic) bond motifs is 1. The van der Waals surface area contributed by atoms with Gasteiger partial charge in [-0.15, -0.1) is 11.6 Å². The number of alkyl halides is 1. The maximum Gasteiger partial charge on any atom is 0.126 e. The molecular weight excluding hydrogens is 232 g/mol. The number of aryl methyl sites for hydroxylation is 2. The van der Waals surface area contributed by atoms with Gasteiger partial charge in [0.2, 0.25) is 0 Å². The lowest BCUT2D eigenvalue weighted by Gasteiger charge is -2.15. The average molecular weight is 251 g/mol. The van der Waals surface area contributed by atoms with Gasteiger partial charge in [0.05, 0.1) is 0 Å². The van der Waals surface area contributed by atoms with E-state index >= 15 is 0 Å². The first kappa shape index (κ1) is 11.3. The van der Waals surface area contributed by atoms with Gasteiger partial charge in [0.1, 0.15) is 5.82 Å². The molecule has 0 amide bonds.